The van der Waals surface area contributed by atoms with Crippen molar-refractivity contribution in [1.29, 1.82) is 0 Å². The second kappa shape index (κ2) is 6.22. The zero-order chi connectivity index (χ0) is 14.7. The molecule has 6 heteroatoms. The molecular formula is C15H19NO5. The minimum Gasteiger partial charge on any atom is -0.493 e. The standard InChI is InChI=1S/C15H19NO5/c1-18-12-7-10(8-13-14(12)21-6-5-20-13)15(17)16-9-11-3-2-4-19-11/h7-8,11H,2-6,9H2,1H3,(H,16,17). The fourth-order valence-electron chi connectivity index (χ4n) is 2.52. The minimum atomic E-state index is -0.166. The lowest BCUT2D eigenvalue weighted by molar-refractivity contribution is 0.0856. The van der Waals surface area contributed by atoms with Gasteiger partial charge in [-0.15, -0.1) is 0 Å². The van der Waals surface area contributed by atoms with Crippen LogP contribution in [-0.2, 0) is 4.74 Å². The molecule has 1 amide bonds. The van der Waals surface area contributed by atoms with E-state index in [0.29, 0.717) is 42.6 Å². The number of carbonyl (C=O) groups excluding carboxylic acids is 1. The van der Waals surface area contributed by atoms with Crippen LogP contribution in [-0.4, -0.2) is 45.5 Å². The molecule has 1 aromatic carbocycles. The van der Waals surface area contributed by atoms with E-state index >= 15 is 0 Å². The number of ether oxygens (including phenoxy) is 4. The summed E-state index contributed by atoms with van der Waals surface area (Å²) < 4.78 is 21.8. The third-order valence-electron chi connectivity index (χ3n) is 3.60. The SMILES string of the molecule is COc1cc(C(=O)NCC2CCCO2)cc2c1OCCO2. The molecule has 0 aliphatic carbocycles. The van der Waals surface area contributed by atoms with Crippen molar-refractivity contribution >= 4 is 5.91 Å². The van der Waals surface area contributed by atoms with E-state index in [2.05, 4.69) is 5.32 Å². The van der Waals surface area contributed by atoms with Crippen LogP contribution >= 0.6 is 0 Å². The summed E-state index contributed by atoms with van der Waals surface area (Å²) in [7, 11) is 1.54. The van der Waals surface area contributed by atoms with Crippen LogP contribution in [0.1, 0.15) is 23.2 Å². The van der Waals surface area contributed by atoms with E-state index < -0.39 is 0 Å². The molecule has 0 aromatic heterocycles. The molecule has 6 nitrogen and oxygen atoms in total. The van der Waals surface area contributed by atoms with Crippen LogP contribution in [0.5, 0.6) is 17.2 Å². The minimum absolute atomic E-state index is 0.119. The van der Waals surface area contributed by atoms with Gasteiger partial charge in [-0.3, -0.25) is 4.79 Å². The first-order chi connectivity index (χ1) is 10.3. The van der Waals surface area contributed by atoms with E-state index in [1.807, 2.05) is 0 Å². The van der Waals surface area contributed by atoms with Crippen molar-refractivity contribution in [3.63, 3.8) is 0 Å². The molecule has 21 heavy (non-hydrogen) atoms. The number of methoxy groups -OCH3 is 1. The number of hydrogen-bond donors (Lipinski definition) is 1. The zero-order valence-corrected chi connectivity index (χ0v) is 12.0. The van der Waals surface area contributed by atoms with Gasteiger partial charge in [0.1, 0.15) is 13.2 Å². The molecule has 2 heterocycles. The van der Waals surface area contributed by atoms with E-state index in [-0.39, 0.29) is 12.0 Å². The van der Waals surface area contributed by atoms with Crippen LogP contribution in [0.2, 0.25) is 0 Å². The number of rotatable bonds is 4. The van der Waals surface area contributed by atoms with Crippen LogP contribution in [0.25, 0.3) is 0 Å². The molecule has 0 saturated carbocycles. The average Bonchev–Trinajstić information content (AvgIpc) is 3.04. The molecule has 114 valence electrons. The predicted molar refractivity (Wildman–Crippen MR) is 75.3 cm³/mol. The Labute approximate surface area is 123 Å². The maximum atomic E-state index is 12.2. The van der Waals surface area contributed by atoms with E-state index in [0.717, 1.165) is 19.4 Å². The predicted octanol–water partition coefficient (Wildman–Crippen LogP) is 1.38. The first-order valence-corrected chi connectivity index (χ1v) is 7.15. The molecule has 2 aliphatic heterocycles. The molecule has 1 fully saturated rings. The van der Waals surface area contributed by atoms with E-state index in [1.165, 1.54) is 0 Å². The number of benzene rings is 1. The van der Waals surface area contributed by atoms with Crippen LogP contribution in [0, 0.1) is 0 Å². The van der Waals surface area contributed by atoms with Gasteiger partial charge in [-0.2, -0.15) is 0 Å². The number of fused-ring (bicyclic) bond motifs is 1. The Morgan fingerprint density at radius 3 is 2.95 bits per heavy atom. The third kappa shape index (κ3) is 3.05. The largest absolute Gasteiger partial charge is 0.493 e. The maximum Gasteiger partial charge on any atom is 0.251 e. The van der Waals surface area contributed by atoms with Gasteiger partial charge < -0.3 is 24.3 Å². The molecule has 1 unspecified atom stereocenters. The highest BCUT2D eigenvalue weighted by Crippen LogP contribution is 2.40. The molecule has 3 rings (SSSR count). The third-order valence-corrected chi connectivity index (χ3v) is 3.60. The van der Waals surface area contributed by atoms with Crippen LogP contribution in [0.4, 0.5) is 0 Å². The van der Waals surface area contributed by atoms with Gasteiger partial charge in [-0.1, -0.05) is 0 Å². The summed E-state index contributed by atoms with van der Waals surface area (Å²) in [6.45, 7) is 2.25. The van der Waals surface area contributed by atoms with Crippen LogP contribution < -0.4 is 19.5 Å². The van der Waals surface area contributed by atoms with E-state index in [4.69, 9.17) is 18.9 Å². The Balaban J connectivity index is 1.73. The monoisotopic (exact) mass is 293 g/mol. The molecule has 1 N–H and O–H groups in total. The Hall–Kier alpha value is -1.95. The van der Waals surface area contributed by atoms with Gasteiger partial charge in [-0.25, -0.2) is 0 Å². The van der Waals surface area contributed by atoms with Gasteiger partial charge in [0.2, 0.25) is 5.75 Å². The molecule has 1 saturated heterocycles. The number of carbonyl (C=O) groups is 1. The summed E-state index contributed by atoms with van der Waals surface area (Å²) >= 11 is 0. The fourth-order valence-corrected chi connectivity index (χ4v) is 2.52. The van der Waals surface area contributed by atoms with Gasteiger partial charge in [-0.05, 0) is 25.0 Å². The second-order valence-electron chi connectivity index (χ2n) is 5.05. The summed E-state index contributed by atoms with van der Waals surface area (Å²) in [6.07, 6.45) is 2.16. The van der Waals surface area contributed by atoms with Gasteiger partial charge in [0.05, 0.1) is 13.2 Å². The number of nitrogens with one attached hydrogen (secondary N) is 1. The maximum absolute atomic E-state index is 12.2. The van der Waals surface area contributed by atoms with Crippen molar-refractivity contribution < 1.29 is 23.7 Å². The summed E-state index contributed by atoms with van der Waals surface area (Å²) in [5, 5.41) is 2.88. The number of amides is 1. The lowest BCUT2D eigenvalue weighted by Gasteiger charge is -2.21. The highest BCUT2D eigenvalue weighted by Gasteiger charge is 2.22. The lowest BCUT2D eigenvalue weighted by Crippen LogP contribution is -2.31. The Morgan fingerprint density at radius 1 is 1.33 bits per heavy atom. The van der Waals surface area contributed by atoms with Crippen molar-refractivity contribution in [2.75, 3.05) is 33.5 Å². The quantitative estimate of drug-likeness (QED) is 0.908. The molecule has 0 radical (unpaired) electrons. The average molecular weight is 293 g/mol. The van der Waals surface area contributed by atoms with Gasteiger partial charge in [0.25, 0.3) is 5.91 Å². The lowest BCUT2D eigenvalue weighted by atomic mass is 10.1. The van der Waals surface area contributed by atoms with Gasteiger partial charge in [0, 0.05) is 18.7 Å². The van der Waals surface area contributed by atoms with Gasteiger partial charge >= 0.3 is 0 Å². The number of hydrogen-bond acceptors (Lipinski definition) is 5. The normalized spacial score (nSPS) is 20.1. The van der Waals surface area contributed by atoms with Crippen molar-refractivity contribution in [2.45, 2.75) is 18.9 Å². The Bertz CT molecular complexity index is 508. The highest BCUT2D eigenvalue weighted by molar-refractivity contribution is 5.95. The molecule has 0 bridgehead atoms. The Morgan fingerprint density at radius 2 is 2.19 bits per heavy atom. The molecule has 2 aliphatic rings. The topological polar surface area (TPSA) is 66.0 Å². The smallest absolute Gasteiger partial charge is 0.251 e. The Kier molecular flexibility index (Phi) is 4.15. The van der Waals surface area contributed by atoms with Crippen molar-refractivity contribution in [1.82, 2.24) is 5.32 Å². The second-order valence-corrected chi connectivity index (χ2v) is 5.05. The molecular weight excluding hydrogens is 274 g/mol. The highest BCUT2D eigenvalue weighted by atomic mass is 16.6. The van der Waals surface area contributed by atoms with E-state index in [1.54, 1.807) is 19.2 Å². The zero-order valence-electron chi connectivity index (χ0n) is 12.0. The summed E-state index contributed by atoms with van der Waals surface area (Å²) in [6, 6.07) is 3.35. The molecule has 1 atom stereocenters. The van der Waals surface area contributed by atoms with Crippen molar-refractivity contribution in [3.8, 4) is 17.2 Å². The molecule has 0 spiro atoms. The van der Waals surface area contributed by atoms with Crippen molar-refractivity contribution in [2.24, 2.45) is 0 Å². The summed E-state index contributed by atoms with van der Waals surface area (Å²) in [4.78, 5) is 12.2. The summed E-state index contributed by atoms with van der Waals surface area (Å²) in [5.74, 6) is 1.44. The van der Waals surface area contributed by atoms with Crippen LogP contribution in [0.3, 0.4) is 0 Å². The van der Waals surface area contributed by atoms with Crippen molar-refractivity contribution in [3.05, 3.63) is 17.7 Å². The first-order valence-electron chi connectivity index (χ1n) is 7.15. The van der Waals surface area contributed by atoms with Crippen LogP contribution in [0.15, 0.2) is 12.1 Å². The fraction of sp³-hybridized carbons (Fsp3) is 0.533. The molecule has 1 aromatic rings. The first kappa shape index (κ1) is 14.0. The summed E-state index contributed by atoms with van der Waals surface area (Å²) in [5.41, 5.74) is 0.495. The van der Waals surface area contributed by atoms with E-state index in [9.17, 15) is 4.79 Å². The van der Waals surface area contributed by atoms with Gasteiger partial charge in [0.15, 0.2) is 11.5 Å².